The SMILES string of the molecule is C=C/C=C\C(C)(C)NCCCCC. The Bertz CT molecular complexity index is 157. The number of hydrogen-bond donors (Lipinski definition) is 1. The second kappa shape index (κ2) is 6.90. The molecule has 0 bridgehead atoms. The van der Waals surface area contributed by atoms with Gasteiger partial charge in [0.1, 0.15) is 0 Å². The van der Waals surface area contributed by atoms with Gasteiger partial charge in [-0.15, -0.1) is 0 Å². The van der Waals surface area contributed by atoms with E-state index in [1.165, 1.54) is 19.3 Å². The number of nitrogens with one attached hydrogen (secondary N) is 1. The molecule has 1 heteroatoms. The smallest absolute Gasteiger partial charge is 0.0310 e. The molecule has 0 aromatic carbocycles. The molecule has 0 saturated heterocycles. The van der Waals surface area contributed by atoms with Crippen LogP contribution in [0.3, 0.4) is 0 Å². The molecule has 0 radical (unpaired) electrons. The van der Waals surface area contributed by atoms with Crippen molar-refractivity contribution in [3.8, 4) is 0 Å². The van der Waals surface area contributed by atoms with E-state index in [-0.39, 0.29) is 5.54 Å². The van der Waals surface area contributed by atoms with Gasteiger partial charge in [0.2, 0.25) is 0 Å². The molecule has 0 atom stereocenters. The van der Waals surface area contributed by atoms with Crippen LogP contribution in [-0.4, -0.2) is 12.1 Å². The molecular formula is C12H23N. The first-order chi connectivity index (χ1) is 6.12. The normalized spacial score (nSPS) is 12.2. The molecule has 0 aromatic heterocycles. The molecule has 1 N–H and O–H groups in total. The zero-order valence-electron chi connectivity index (χ0n) is 9.27. The van der Waals surface area contributed by atoms with Crippen LogP contribution in [0.15, 0.2) is 24.8 Å². The Balaban J connectivity index is 3.62. The highest BCUT2D eigenvalue weighted by Gasteiger charge is 2.10. The molecule has 0 fully saturated rings. The third-order valence-corrected chi connectivity index (χ3v) is 2.01. The van der Waals surface area contributed by atoms with E-state index in [0.717, 1.165) is 6.54 Å². The topological polar surface area (TPSA) is 12.0 Å². The summed E-state index contributed by atoms with van der Waals surface area (Å²) in [4.78, 5) is 0. The molecule has 0 aliphatic heterocycles. The Labute approximate surface area is 82.9 Å². The Morgan fingerprint density at radius 1 is 1.31 bits per heavy atom. The third-order valence-electron chi connectivity index (χ3n) is 2.01. The van der Waals surface area contributed by atoms with Crippen LogP contribution in [0.1, 0.15) is 40.0 Å². The van der Waals surface area contributed by atoms with Crippen LogP contribution in [-0.2, 0) is 0 Å². The number of unbranched alkanes of at least 4 members (excludes halogenated alkanes) is 2. The first kappa shape index (κ1) is 12.4. The highest BCUT2D eigenvalue weighted by Crippen LogP contribution is 2.04. The standard InChI is InChI=1S/C12H23N/c1-5-7-9-11-13-12(3,4)10-8-6-2/h6,8,10,13H,2,5,7,9,11H2,1,3-4H3/b10-8-. The van der Waals surface area contributed by atoms with Gasteiger partial charge in [-0.3, -0.25) is 0 Å². The van der Waals surface area contributed by atoms with Crippen molar-refractivity contribution in [1.82, 2.24) is 5.32 Å². The molecule has 0 amide bonds. The molecule has 0 aromatic rings. The van der Waals surface area contributed by atoms with Crippen molar-refractivity contribution in [2.45, 2.75) is 45.6 Å². The van der Waals surface area contributed by atoms with E-state index in [0.29, 0.717) is 0 Å². The van der Waals surface area contributed by atoms with E-state index in [2.05, 4.69) is 38.7 Å². The molecule has 1 nitrogen and oxygen atoms in total. The van der Waals surface area contributed by atoms with Gasteiger partial charge in [-0.1, -0.05) is 44.6 Å². The minimum absolute atomic E-state index is 0.0991. The summed E-state index contributed by atoms with van der Waals surface area (Å²) in [5.74, 6) is 0. The Morgan fingerprint density at radius 3 is 2.54 bits per heavy atom. The van der Waals surface area contributed by atoms with Gasteiger partial charge in [-0.2, -0.15) is 0 Å². The summed E-state index contributed by atoms with van der Waals surface area (Å²) < 4.78 is 0. The second-order valence-corrected chi connectivity index (χ2v) is 3.95. The maximum absolute atomic E-state index is 3.66. The van der Waals surface area contributed by atoms with E-state index in [4.69, 9.17) is 0 Å². The predicted octanol–water partition coefficient (Wildman–Crippen LogP) is 3.29. The third kappa shape index (κ3) is 7.79. The van der Waals surface area contributed by atoms with E-state index < -0.39 is 0 Å². The lowest BCUT2D eigenvalue weighted by atomic mass is 10.0. The molecule has 0 aliphatic rings. The fraction of sp³-hybridized carbons (Fsp3) is 0.667. The molecule has 0 unspecified atom stereocenters. The maximum Gasteiger partial charge on any atom is 0.0310 e. The summed E-state index contributed by atoms with van der Waals surface area (Å²) >= 11 is 0. The number of rotatable bonds is 7. The Hall–Kier alpha value is -0.560. The molecule has 0 saturated carbocycles. The van der Waals surface area contributed by atoms with Gasteiger partial charge in [0.05, 0.1) is 0 Å². The maximum atomic E-state index is 3.66. The van der Waals surface area contributed by atoms with Crippen LogP contribution in [0.25, 0.3) is 0 Å². The summed E-state index contributed by atoms with van der Waals surface area (Å²) in [6.07, 6.45) is 9.81. The van der Waals surface area contributed by atoms with Gasteiger partial charge >= 0.3 is 0 Å². The summed E-state index contributed by atoms with van der Waals surface area (Å²) in [6.45, 7) is 11.3. The van der Waals surface area contributed by atoms with E-state index >= 15 is 0 Å². The van der Waals surface area contributed by atoms with Crippen molar-refractivity contribution < 1.29 is 0 Å². The molecule has 0 spiro atoms. The minimum atomic E-state index is 0.0991. The van der Waals surface area contributed by atoms with Crippen molar-refractivity contribution >= 4 is 0 Å². The molecule has 0 heterocycles. The summed E-state index contributed by atoms with van der Waals surface area (Å²) in [5, 5.41) is 3.49. The first-order valence-corrected chi connectivity index (χ1v) is 5.17. The van der Waals surface area contributed by atoms with Crippen LogP contribution >= 0.6 is 0 Å². The molecule has 13 heavy (non-hydrogen) atoms. The number of allylic oxidation sites excluding steroid dienone is 2. The van der Waals surface area contributed by atoms with Gasteiger partial charge in [-0.25, -0.2) is 0 Å². The summed E-state index contributed by atoms with van der Waals surface area (Å²) in [6, 6.07) is 0. The summed E-state index contributed by atoms with van der Waals surface area (Å²) in [5.41, 5.74) is 0.0991. The highest BCUT2D eigenvalue weighted by molar-refractivity contribution is 5.07. The Morgan fingerprint density at radius 2 is 2.00 bits per heavy atom. The lowest BCUT2D eigenvalue weighted by Crippen LogP contribution is -2.37. The number of hydrogen-bond acceptors (Lipinski definition) is 1. The van der Waals surface area contributed by atoms with Gasteiger partial charge in [-0.05, 0) is 26.8 Å². The van der Waals surface area contributed by atoms with E-state index in [9.17, 15) is 0 Å². The molecule has 0 rings (SSSR count). The van der Waals surface area contributed by atoms with Crippen LogP contribution < -0.4 is 5.32 Å². The van der Waals surface area contributed by atoms with Gasteiger partial charge in [0.25, 0.3) is 0 Å². The fourth-order valence-corrected chi connectivity index (χ4v) is 1.15. The van der Waals surface area contributed by atoms with Crippen molar-refractivity contribution in [3.63, 3.8) is 0 Å². The van der Waals surface area contributed by atoms with Gasteiger partial charge < -0.3 is 5.32 Å². The van der Waals surface area contributed by atoms with E-state index in [1.54, 1.807) is 0 Å². The van der Waals surface area contributed by atoms with Crippen LogP contribution in [0, 0.1) is 0 Å². The van der Waals surface area contributed by atoms with Crippen molar-refractivity contribution in [3.05, 3.63) is 24.8 Å². The van der Waals surface area contributed by atoms with Crippen LogP contribution in [0.2, 0.25) is 0 Å². The fourth-order valence-electron chi connectivity index (χ4n) is 1.15. The van der Waals surface area contributed by atoms with Crippen molar-refractivity contribution in [1.29, 1.82) is 0 Å². The lowest BCUT2D eigenvalue weighted by Gasteiger charge is -2.22. The van der Waals surface area contributed by atoms with Crippen molar-refractivity contribution in [2.75, 3.05) is 6.54 Å². The first-order valence-electron chi connectivity index (χ1n) is 5.17. The second-order valence-electron chi connectivity index (χ2n) is 3.95. The molecule has 76 valence electrons. The zero-order valence-corrected chi connectivity index (χ0v) is 9.27. The average molecular weight is 181 g/mol. The largest absolute Gasteiger partial charge is 0.308 e. The lowest BCUT2D eigenvalue weighted by molar-refractivity contribution is 0.462. The predicted molar refractivity (Wildman–Crippen MR) is 60.9 cm³/mol. The molecule has 0 aliphatic carbocycles. The highest BCUT2D eigenvalue weighted by atomic mass is 14.9. The van der Waals surface area contributed by atoms with Crippen molar-refractivity contribution in [2.24, 2.45) is 0 Å². The summed E-state index contributed by atoms with van der Waals surface area (Å²) in [7, 11) is 0. The monoisotopic (exact) mass is 181 g/mol. The minimum Gasteiger partial charge on any atom is -0.308 e. The Kier molecular flexibility index (Phi) is 6.61. The zero-order chi connectivity index (χ0) is 10.2. The van der Waals surface area contributed by atoms with Crippen LogP contribution in [0.4, 0.5) is 0 Å². The van der Waals surface area contributed by atoms with Gasteiger partial charge in [0.15, 0.2) is 0 Å². The van der Waals surface area contributed by atoms with Gasteiger partial charge in [0, 0.05) is 5.54 Å². The quantitative estimate of drug-likeness (QED) is 0.469. The molecular weight excluding hydrogens is 158 g/mol. The van der Waals surface area contributed by atoms with Crippen LogP contribution in [0.5, 0.6) is 0 Å². The average Bonchev–Trinajstić information content (AvgIpc) is 2.09. The van der Waals surface area contributed by atoms with E-state index in [1.807, 2.05) is 12.2 Å².